The van der Waals surface area contributed by atoms with Crippen molar-refractivity contribution in [1.29, 1.82) is 0 Å². The van der Waals surface area contributed by atoms with Gasteiger partial charge in [0.05, 0.1) is 6.26 Å². The van der Waals surface area contributed by atoms with E-state index in [1.165, 1.54) is 6.26 Å². The van der Waals surface area contributed by atoms with Crippen LogP contribution in [0.25, 0.3) is 0 Å². The quantitative estimate of drug-likeness (QED) is 0.839. The van der Waals surface area contributed by atoms with E-state index in [1.54, 1.807) is 17.0 Å². The Bertz CT molecular complexity index is 561. The number of hydrogen-bond donors (Lipinski definition) is 2. The lowest BCUT2D eigenvalue weighted by Gasteiger charge is -2.32. The third kappa shape index (κ3) is 3.13. The van der Waals surface area contributed by atoms with E-state index in [0.717, 1.165) is 0 Å². The molecule has 1 aromatic rings. The minimum absolute atomic E-state index is 0.0469. The van der Waals surface area contributed by atoms with Gasteiger partial charge in [-0.3, -0.25) is 14.4 Å². The second-order valence-corrected chi connectivity index (χ2v) is 5.71. The number of piperidine rings is 1. The van der Waals surface area contributed by atoms with Crippen molar-refractivity contribution in [2.24, 2.45) is 0 Å². The zero-order valence-electron chi connectivity index (χ0n) is 12.2. The number of likely N-dealkylation sites (tertiary alicyclic amines) is 1. The Balaban J connectivity index is 1.46. The summed E-state index contributed by atoms with van der Waals surface area (Å²) in [5.41, 5.74) is 0. The van der Waals surface area contributed by atoms with Crippen LogP contribution in [0.15, 0.2) is 22.8 Å². The Morgan fingerprint density at radius 2 is 2.05 bits per heavy atom. The van der Waals surface area contributed by atoms with Crippen LogP contribution in [0.3, 0.4) is 0 Å². The minimum atomic E-state index is -0.407. The monoisotopic (exact) mass is 305 g/mol. The van der Waals surface area contributed by atoms with Gasteiger partial charge in [0.2, 0.25) is 11.8 Å². The molecule has 0 aliphatic carbocycles. The summed E-state index contributed by atoms with van der Waals surface area (Å²) in [4.78, 5) is 37.0. The smallest absolute Gasteiger partial charge is 0.289 e. The van der Waals surface area contributed by atoms with Crippen molar-refractivity contribution in [3.05, 3.63) is 24.2 Å². The first-order valence-corrected chi connectivity index (χ1v) is 7.56. The molecule has 2 N–H and O–H groups in total. The van der Waals surface area contributed by atoms with E-state index in [0.29, 0.717) is 44.5 Å². The number of hydrogen-bond acceptors (Lipinski definition) is 4. The second-order valence-electron chi connectivity index (χ2n) is 5.71. The number of carbonyl (C=O) groups is 3. The van der Waals surface area contributed by atoms with E-state index in [2.05, 4.69) is 10.6 Å². The van der Waals surface area contributed by atoms with Crippen molar-refractivity contribution in [1.82, 2.24) is 15.5 Å². The van der Waals surface area contributed by atoms with Crippen LogP contribution in [0.5, 0.6) is 0 Å². The lowest BCUT2D eigenvalue weighted by atomic mass is 10.0. The zero-order chi connectivity index (χ0) is 15.5. The average molecular weight is 305 g/mol. The molecule has 2 aliphatic rings. The van der Waals surface area contributed by atoms with Crippen molar-refractivity contribution < 1.29 is 18.8 Å². The fourth-order valence-electron chi connectivity index (χ4n) is 2.90. The summed E-state index contributed by atoms with van der Waals surface area (Å²) in [5, 5.41) is 5.62. The van der Waals surface area contributed by atoms with Crippen LogP contribution in [-0.2, 0) is 9.59 Å². The van der Waals surface area contributed by atoms with Crippen LogP contribution in [0.1, 0.15) is 36.2 Å². The molecule has 0 saturated carbocycles. The van der Waals surface area contributed by atoms with Crippen molar-refractivity contribution in [3.8, 4) is 0 Å². The van der Waals surface area contributed by atoms with E-state index in [1.807, 2.05) is 0 Å². The van der Waals surface area contributed by atoms with Crippen molar-refractivity contribution >= 4 is 17.7 Å². The number of rotatable bonds is 3. The van der Waals surface area contributed by atoms with Gasteiger partial charge < -0.3 is 20.0 Å². The highest BCUT2D eigenvalue weighted by atomic mass is 16.3. The average Bonchev–Trinajstić information content (AvgIpc) is 3.18. The number of nitrogens with one attached hydrogen (secondary N) is 2. The van der Waals surface area contributed by atoms with E-state index in [-0.39, 0.29) is 23.8 Å². The molecule has 7 nitrogen and oxygen atoms in total. The molecule has 2 saturated heterocycles. The predicted octanol–water partition coefficient (Wildman–Crippen LogP) is 0.279. The molecular weight excluding hydrogens is 286 g/mol. The Kier molecular flexibility index (Phi) is 4.13. The lowest BCUT2D eigenvalue weighted by Crippen LogP contribution is -2.50. The molecule has 1 aromatic heterocycles. The van der Waals surface area contributed by atoms with Gasteiger partial charge in [-0.05, 0) is 31.4 Å². The molecule has 118 valence electrons. The number of furan rings is 1. The van der Waals surface area contributed by atoms with Crippen LogP contribution in [0.2, 0.25) is 0 Å². The molecule has 3 amide bonds. The van der Waals surface area contributed by atoms with Crippen molar-refractivity contribution in [2.45, 2.75) is 37.8 Å². The molecule has 0 spiro atoms. The minimum Gasteiger partial charge on any atom is -0.459 e. The summed E-state index contributed by atoms with van der Waals surface area (Å²) in [7, 11) is 0. The van der Waals surface area contributed by atoms with Gasteiger partial charge in [0.25, 0.3) is 5.91 Å². The number of nitrogens with zero attached hydrogens (tertiary/aromatic N) is 1. The summed E-state index contributed by atoms with van der Waals surface area (Å²) in [5.74, 6) is 0.0367. The largest absolute Gasteiger partial charge is 0.459 e. The lowest BCUT2D eigenvalue weighted by molar-refractivity contribution is -0.126. The third-order valence-corrected chi connectivity index (χ3v) is 4.17. The fraction of sp³-hybridized carbons (Fsp3) is 0.533. The van der Waals surface area contributed by atoms with Gasteiger partial charge >= 0.3 is 0 Å². The van der Waals surface area contributed by atoms with E-state index in [9.17, 15) is 14.4 Å². The molecule has 1 unspecified atom stereocenters. The van der Waals surface area contributed by atoms with Gasteiger partial charge in [-0.25, -0.2) is 0 Å². The summed E-state index contributed by atoms with van der Waals surface area (Å²) >= 11 is 0. The first kappa shape index (κ1) is 14.6. The van der Waals surface area contributed by atoms with Gasteiger partial charge in [-0.2, -0.15) is 0 Å². The first-order chi connectivity index (χ1) is 10.6. The zero-order valence-corrected chi connectivity index (χ0v) is 12.2. The molecule has 0 bridgehead atoms. The topological polar surface area (TPSA) is 91.7 Å². The Morgan fingerprint density at radius 1 is 1.27 bits per heavy atom. The molecule has 7 heteroatoms. The first-order valence-electron chi connectivity index (χ1n) is 7.56. The molecule has 2 aliphatic heterocycles. The Hall–Kier alpha value is -2.31. The molecule has 0 aromatic carbocycles. The van der Waals surface area contributed by atoms with E-state index in [4.69, 9.17) is 4.42 Å². The van der Waals surface area contributed by atoms with Crippen LogP contribution < -0.4 is 10.6 Å². The molecule has 2 fully saturated rings. The molecule has 0 radical (unpaired) electrons. The Labute approximate surface area is 128 Å². The maximum atomic E-state index is 12.1. The van der Waals surface area contributed by atoms with Gasteiger partial charge in [-0.1, -0.05) is 0 Å². The molecule has 1 atom stereocenters. The highest BCUT2D eigenvalue weighted by molar-refractivity contribution is 5.92. The van der Waals surface area contributed by atoms with Crippen LogP contribution in [-0.4, -0.2) is 47.8 Å². The highest BCUT2D eigenvalue weighted by Gasteiger charge is 2.30. The molecule has 3 heterocycles. The normalized spacial score (nSPS) is 22.5. The summed E-state index contributed by atoms with van der Waals surface area (Å²) in [6.07, 6.45) is 3.86. The fourth-order valence-corrected chi connectivity index (χ4v) is 2.90. The highest BCUT2D eigenvalue weighted by Crippen LogP contribution is 2.15. The SMILES string of the molecule is O=C1CCC(C(=O)NC2CCN(C(=O)c3ccco3)CC2)N1. The van der Waals surface area contributed by atoms with Crippen molar-refractivity contribution in [3.63, 3.8) is 0 Å². The van der Waals surface area contributed by atoms with Crippen molar-refractivity contribution in [2.75, 3.05) is 13.1 Å². The summed E-state index contributed by atoms with van der Waals surface area (Å²) < 4.78 is 5.12. The van der Waals surface area contributed by atoms with Gasteiger partial charge in [0.15, 0.2) is 5.76 Å². The van der Waals surface area contributed by atoms with Crippen LogP contribution >= 0.6 is 0 Å². The van der Waals surface area contributed by atoms with Crippen LogP contribution in [0, 0.1) is 0 Å². The molecule has 3 rings (SSSR count). The summed E-state index contributed by atoms with van der Waals surface area (Å²) in [6, 6.07) is 2.98. The predicted molar refractivity (Wildman–Crippen MR) is 76.9 cm³/mol. The van der Waals surface area contributed by atoms with Gasteiger partial charge in [-0.15, -0.1) is 0 Å². The van der Waals surface area contributed by atoms with E-state index >= 15 is 0 Å². The molecular formula is C15H19N3O4. The third-order valence-electron chi connectivity index (χ3n) is 4.17. The van der Waals surface area contributed by atoms with E-state index < -0.39 is 6.04 Å². The van der Waals surface area contributed by atoms with Crippen LogP contribution in [0.4, 0.5) is 0 Å². The number of carbonyl (C=O) groups excluding carboxylic acids is 3. The number of amides is 3. The van der Waals surface area contributed by atoms with Gasteiger partial charge in [0.1, 0.15) is 6.04 Å². The van der Waals surface area contributed by atoms with Gasteiger partial charge in [0, 0.05) is 25.6 Å². The second kappa shape index (κ2) is 6.21. The summed E-state index contributed by atoms with van der Waals surface area (Å²) in [6.45, 7) is 1.17. The maximum Gasteiger partial charge on any atom is 0.289 e. The molecule has 22 heavy (non-hydrogen) atoms. The Morgan fingerprint density at radius 3 is 2.64 bits per heavy atom. The standard InChI is InChI=1S/C15H19N3O4/c19-13-4-3-11(17-13)14(20)16-10-5-7-18(8-6-10)15(21)12-2-1-9-22-12/h1-2,9-11H,3-8H2,(H,16,20)(H,17,19). The maximum absolute atomic E-state index is 12.1.